The highest BCUT2D eigenvalue weighted by atomic mass is 28.4. The molecule has 4 nitrogen and oxygen atoms in total. The van der Waals surface area contributed by atoms with Crippen molar-refractivity contribution in [1.29, 1.82) is 0 Å². The maximum Gasteiger partial charge on any atom is 0.302 e. The predicted molar refractivity (Wildman–Crippen MR) is 125 cm³/mol. The van der Waals surface area contributed by atoms with Crippen molar-refractivity contribution in [2.45, 2.75) is 64.4 Å². The molecule has 0 saturated heterocycles. The molecule has 2 aromatic carbocycles. The lowest BCUT2D eigenvalue weighted by Crippen LogP contribution is -2.68. The van der Waals surface area contributed by atoms with Crippen molar-refractivity contribution in [2.75, 3.05) is 0 Å². The van der Waals surface area contributed by atoms with Crippen LogP contribution in [0.5, 0.6) is 0 Å². The Kier molecular flexibility index (Phi) is 8.18. The van der Waals surface area contributed by atoms with Crippen LogP contribution in [0.15, 0.2) is 73.3 Å². The van der Waals surface area contributed by atoms with E-state index in [9.17, 15) is 9.90 Å². The number of esters is 1. The largest absolute Gasteiger partial charge is 0.463 e. The van der Waals surface area contributed by atoms with E-state index in [1.165, 1.54) is 13.0 Å². The topological polar surface area (TPSA) is 55.8 Å². The first-order chi connectivity index (χ1) is 14.1. The van der Waals surface area contributed by atoms with Crippen LogP contribution in [0.2, 0.25) is 5.04 Å². The van der Waals surface area contributed by atoms with Gasteiger partial charge in [-0.1, -0.05) is 87.5 Å². The fourth-order valence-electron chi connectivity index (χ4n) is 3.99. The average Bonchev–Trinajstić information content (AvgIpc) is 2.70. The van der Waals surface area contributed by atoms with Crippen LogP contribution in [0.4, 0.5) is 0 Å². The lowest BCUT2D eigenvalue weighted by atomic mass is 10.1. The number of carbonyl (C=O) groups excluding carboxylic acids is 1. The molecule has 0 saturated carbocycles. The Balaban J connectivity index is 2.62. The van der Waals surface area contributed by atoms with E-state index in [1.54, 1.807) is 0 Å². The van der Waals surface area contributed by atoms with E-state index >= 15 is 0 Å². The summed E-state index contributed by atoms with van der Waals surface area (Å²) < 4.78 is 12.3. The molecule has 0 aliphatic rings. The quantitative estimate of drug-likeness (QED) is 0.376. The number of hydrogen-bond donors (Lipinski definition) is 1. The molecule has 0 aliphatic carbocycles. The average molecular weight is 427 g/mol. The van der Waals surface area contributed by atoms with Gasteiger partial charge in [-0.15, -0.1) is 6.58 Å². The van der Waals surface area contributed by atoms with Crippen LogP contribution in [0.25, 0.3) is 0 Å². The molecule has 0 amide bonds. The molecule has 3 atom stereocenters. The molecular weight excluding hydrogens is 392 g/mol. The first-order valence-electron chi connectivity index (χ1n) is 10.4. The summed E-state index contributed by atoms with van der Waals surface area (Å²) in [4.78, 5) is 11.4. The number of benzene rings is 2. The fraction of sp³-hybridized carbons (Fsp3) is 0.400. The molecule has 0 aliphatic heterocycles. The Labute approximate surface area is 181 Å². The van der Waals surface area contributed by atoms with Gasteiger partial charge in [-0.2, -0.15) is 0 Å². The lowest BCUT2D eigenvalue weighted by molar-refractivity contribution is -0.147. The van der Waals surface area contributed by atoms with Gasteiger partial charge in [0.2, 0.25) is 0 Å². The molecule has 2 aromatic rings. The van der Waals surface area contributed by atoms with Crippen molar-refractivity contribution in [2.24, 2.45) is 0 Å². The zero-order chi connectivity index (χ0) is 22.4. The minimum atomic E-state index is -2.85. The Hall–Kier alpha value is -2.21. The summed E-state index contributed by atoms with van der Waals surface area (Å²) >= 11 is 0. The van der Waals surface area contributed by atoms with Crippen molar-refractivity contribution in [3.8, 4) is 0 Å². The second-order valence-corrected chi connectivity index (χ2v) is 13.0. The molecule has 30 heavy (non-hydrogen) atoms. The van der Waals surface area contributed by atoms with Crippen molar-refractivity contribution in [3.05, 3.63) is 73.3 Å². The maximum absolute atomic E-state index is 11.4. The minimum absolute atomic E-state index is 0.223. The van der Waals surface area contributed by atoms with Gasteiger partial charge in [0, 0.05) is 13.3 Å². The van der Waals surface area contributed by atoms with Crippen LogP contribution >= 0.6 is 0 Å². The second-order valence-electron chi connectivity index (χ2n) is 8.70. The Morgan fingerprint density at radius 1 is 1.07 bits per heavy atom. The standard InChI is InChI=1S/C25H34O4Si/c1-7-23(27)24(18-19(2)28-20(3)26)29-30(25(4,5)6,21-14-10-8-11-15-21)22-16-12-9-13-17-22/h7-17,19,23-24,27H,1,18H2,2-6H3/t19-,23+,24+/m1/s1. The highest BCUT2D eigenvalue weighted by Gasteiger charge is 2.52. The summed E-state index contributed by atoms with van der Waals surface area (Å²) in [6, 6.07) is 20.5. The Morgan fingerprint density at radius 2 is 1.53 bits per heavy atom. The zero-order valence-corrected chi connectivity index (χ0v) is 19.7. The van der Waals surface area contributed by atoms with Crippen molar-refractivity contribution in [1.82, 2.24) is 0 Å². The Bertz CT molecular complexity index is 775. The van der Waals surface area contributed by atoms with E-state index in [0.29, 0.717) is 6.42 Å². The molecule has 1 N–H and O–H groups in total. The van der Waals surface area contributed by atoms with Gasteiger partial charge in [0.25, 0.3) is 8.32 Å². The summed E-state index contributed by atoms with van der Waals surface area (Å²) in [7, 11) is -2.85. The molecule has 0 bridgehead atoms. The summed E-state index contributed by atoms with van der Waals surface area (Å²) in [5.74, 6) is -0.347. The third kappa shape index (κ3) is 5.48. The smallest absolute Gasteiger partial charge is 0.302 e. The van der Waals surface area contributed by atoms with Gasteiger partial charge in [0.15, 0.2) is 0 Å². The van der Waals surface area contributed by atoms with Gasteiger partial charge < -0.3 is 14.3 Å². The number of aliphatic hydroxyl groups is 1. The van der Waals surface area contributed by atoms with E-state index in [0.717, 1.165) is 10.4 Å². The summed E-state index contributed by atoms with van der Waals surface area (Å²) in [6.45, 7) is 13.5. The maximum atomic E-state index is 11.4. The number of aliphatic hydroxyl groups excluding tert-OH is 1. The van der Waals surface area contributed by atoms with Crippen LogP contribution < -0.4 is 10.4 Å². The highest BCUT2D eigenvalue weighted by Crippen LogP contribution is 2.38. The Morgan fingerprint density at radius 3 is 1.90 bits per heavy atom. The third-order valence-electron chi connectivity index (χ3n) is 5.30. The second kappa shape index (κ2) is 10.2. The number of carbonyl (C=O) groups is 1. The molecular formula is C25H34O4Si. The molecule has 0 aromatic heterocycles. The van der Waals surface area contributed by atoms with Gasteiger partial charge in [-0.25, -0.2) is 0 Å². The van der Waals surface area contributed by atoms with Crippen LogP contribution in [0, 0.1) is 0 Å². The summed E-state index contributed by atoms with van der Waals surface area (Å²) in [5, 5.41) is 12.8. The van der Waals surface area contributed by atoms with E-state index in [-0.39, 0.29) is 17.1 Å². The van der Waals surface area contributed by atoms with Crippen molar-refractivity contribution in [3.63, 3.8) is 0 Å². The number of hydrogen-bond acceptors (Lipinski definition) is 4. The van der Waals surface area contributed by atoms with Gasteiger partial charge >= 0.3 is 5.97 Å². The van der Waals surface area contributed by atoms with E-state index in [4.69, 9.17) is 9.16 Å². The first kappa shape index (κ1) is 24.1. The lowest BCUT2D eigenvalue weighted by Gasteiger charge is -2.46. The van der Waals surface area contributed by atoms with Crippen LogP contribution in [0.3, 0.4) is 0 Å². The fourth-order valence-corrected chi connectivity index (χ4v) is 8.69. The number of rotatable bonds is 9. The molecule has 0 heterocycles. The molecule has 2 rings (SSSR count). The van der Waals surface area contributed by atoms with Crippen molar-refractivity contribution >= 4 is 24.7 Å². The summed E-state index contributed by atoms with van der Waals surface area (Å²) in [6.07, 6.45) is 0.0216. The van der Waals surface area contributed by atoms with Gasteiger partial charge in [0.05, 0.1) is 12.2 Å². The summed E-state index contributed by atoms with van der Waals surface area (Å²) in [5.41, 5.74) is 0. The molecule has 0 fully saturated rings. The van der Waals surface area contributed by atoms with Crippen LogP contribution in [-0.2, 0) is 14.0 Å². The van der Waals surface area contributed by atoms with Crippen LogP contribution in [-0.4, -0.2) is 37.7 Å². The van der Waals surface area contributed by atoms with E-state index in [2.05, 4.69) is 51.6 Å². The van der Waals surface area contributed by atoms with Gasteiger partial charge in [-0.3, -0.25) is 4.79 Å². The van der Waals surface area contributed by atoms with E-state index < -0.39 is 20.5 Å². The predicted octanol–water partition coefficient (Wildman–Crippen LogP) is 3.82. The van der Waals surface area contributed by atoms with Crippen molar-refractivity contribution < 1.29 is 19.1 Å². The van der Waals surface area contributed by atoms with E-state index in [1.807, 2.05) is 43.3 Å². The van der Waals surface area contributed by atoms with Crippen LogP contribution in [0.1, 0.15) is 41.0 Å². The van der Waals surface area contributed by atoms with Gasteiger partial charge in [-0.05, 0) is 22.3 Å². The molecule has 162 valence electrons. The molecule has 0 unspecified atom stereocenters. The molecule has 0 radical (unpaired) electrons. The highest BCUT2D eigenvalue weighted by molar-refractivity contribution is 6.99. The first-order valence-corrected chi connectivity index (χ1v) is 12.3. The van der Waals surface area contributed by atoms with Gasteiger partial charge in [0.1, 0.15) is 6.10 Å². The minimum Gasteiger partial charge on any atom is -0.463 e. The molecule has 0 spiro atoms. The third-order valence-corrected chi connectivity index (χ3v) is 10.4. The SMILES string of the molecule is C=C[C@H](O)[C@H](C[C@@H](C)OC(C)=O)O[Si](c1ccccc1)(c1ccccc1)C(C)(C)C. The monoisotopic (exact) mass is 426 g/mol. The zero-order valence-electron chi connectivity index (χ0n) is 18.7. The number of ether oxygens (including phenoxy) is 1. The normalized spacial score (nSPS) is 15.1. The molecule has 5 heteroatoms.